The Balaban J connectivity index is 1.97. The van der Waals surface area contributed by atoms with E-state index < -0.39 is 5.91 Å². The molecule has 120 valence electrons. The van der Waals surface area contributed by atoms with E-state index in [1.165, 1.54) is 5.56 Å². The third-order valence-electron chi connectivity index (χ3n) is 4.74. The lowest BCUT2D eigenvalue weighted by atomic mass is 9.96. The largest absolute Gasteiger partial charge is 0.381 e. The van der Waals surface area contributed by atoms with Crippen LogP contribution in [0.1, 0.15) is 47.6 Å². The van der Waals surface area contributed by atoms with E-state index in [9.17, 15) is 4.79 Å². The van der Waals surface area contributed by atoms with Crippen molar-refractivity contribution in [3.05, 3.63) is 23.0 Å². The number of nitrogens with one attached hydrogen (secondary N) is 1. The summed E-state index contributed by atoms with van der Waals surface area (Å²) >= 11 is 0. The molecule has 3 rings (SSSR count). The van der Waals surface area contributed by atoms with Gasteiger partial charge in [-0.2, -0.15) is 0 Å². The van der Waals surface area contributed by atoms with E-state index in [2.05, 4.69) is 22.1 Å². The van der Waals surface area contributed by atoms with E-state index in [1.54, 1.807) is 7.11 Å². The van der Waals surface area contributed by atoms with Crippen LogP contribution < -0.4 is 16.0 Å². The summed E-state index contributed by atoms with van der Waals surface area (Å²) in [4.78, 5) is 18.5. The lowest BCUT2D eigenvalue weighted by Crippen LogP contribution is -2.39. The normalized spacial score (nSPS) is 22.5. The number of carbonyl (C=O) groups excluding carboxylic acids is 1. The van der Waals surface area contributed by atoms with Gasteiger partial charge in [0.05, 0.1) is 11.8 Å². The van der Waals surface area contributed by atoms with Gasteiger partial charge in [0.2, 0.25) is 0 Å². The highest BCUT2D eigenvalue weighted by molar-refractivity contribution is 5.92. The molecule has 0 spiro atoms. The van der Waals surface area contributed by atoms with E-state index in [1.807, 2.05) is 6.07 Å². The van der Waals surface area contributed by atoms with Crippen molar-refractivity contribution in [2.45, 2.75) is 38.3 Å². The highest BCUT2D eigenvalue weighted by Gasteiger charge is 2.27. The Bertz CT molecular complexity index is 568. The second kappa shape index (κ2) is 6.22. The molecule has 22 heavy (non-hydrogen) atoms. The number of amides is 1. The third kappa shape index (κ3) is 2.80. The Kier molecular flexibility index (Phi) is 4.31. The van der Waals surface area contributed by atoms with Crippen molar-refractivity contribution in [2.75, 3.05) is 31.6 Å². The number of primary amides is 1. The first-order valence-electron chi connectivity index (χ1n) is 7.95. The monoisotopic (exact) mass is 304 g/mol. The first-order chi connectivity index (χ1) is 10.6. The number of nitrogens with zero attached hydrogens (tertiary/aromatic N) is 2. The number of rotatable bonds is 3. The summed E-state index contributed by atoms with van der Waals surface area (Å²) in [5.41, 5.74) is 9.18. The highest BCUT2D eigenvalue weighted by Crippen LogP contribution is 2.32. The Labute approximate surface area is 131 Å². The van der Waals surface area contributed by atoms with Crippen LogP contribution in [0.2, 0.25) is 0 Å². The molecular formula is C16H24N4O2. The molecule has 6 heteroatoms. The molecule has 3 N–H and O–H groups in total. The molecule has 1 aromatic heterocycles. The van der Waals surface area contributed by atoms with Crippen molar-refractivity contribution >= 4 is 11.6 Å². The van der Waals surface area contributed by atoms with Crippen molar-refractivity contribution in [1.82, 2.24) is 10.3 Å². The SMILES string of the molecule is COC1CCN(c2cc(C(N)=O)nc3c2CCN[C@@H]3C)CC1. The molecular weight excluding hydrogens is 280 g/mol. The molecule has 1 saturated heterocycles. The van der Waals surface area contributed by atoms with Crippen LogP contribution in [0.5, 0.6) is 0 Å². The van der Waals surface area contributed by atoms with Gasteiger partial charge < -0.3 is 20.7 Å². The minimum Gasteiger partial charge on any atom is -0.381 e. The maximum absolute atomic E-state index is 11.6. The van der Waals surface area contributed by atoms with Gasteiger partial charge in [-0.25, -0.2) is 4.98 Å². The zero-order valence-corrected chi connectivity index (χ0v) is 13.3. The van der Waals surface area contributed by atoms with E-state index in [0.29, 0.717) is 11.8 Å². The Morgan fingerprint density at radius 2 is 2.18 bits per heavy atom. The summed E-state index contributed by atoms with van der Waals surface area (Å²) in [6.45, 7) is 4.90. The molecule has 0 unspecified atom stereocenters. The predicted molar refractivity (Wildman–Crippen MR) is 85.1 cm³/mol. The summed E-state index contributed by atoms with van der Waals surface area (Å²) in [5.74, 6) is -0.464. The first kappa shape index (κ1) is 15.2. The third-order valence-corrected chi connectivity index (χ3v) is 4.74. The van der Waals surface area contributed by atoms with Crippen LogP contribution in [0.3, 0.4) is 0 Å². The molecule has 1 aromatic rings. The molecule has 2 aliphatic heterocycles. The number of nitrogens with two attached hydrogens (primary N) is 1. The Hall–Kier alpha value is -1.66. The number of ether oxygens (including phenoxy) is 1. The number of carbonyl (C=O) groups is 1. The molecule has 1 amide bonds. The van der Waals surface area contributed by atoms with Crippen LogP contribution >= 0.6 is 0 Å². The topological polar surface area (TPSA) is 80.5 Å². The number of pyridine rings is 1. The summed E-state index contributed by atoms with van der Waals surface area (Å²) in [6, 6.07) is 2.02. The predicted octanol–water partition coefficient (Wildman–Crippen LogP) is 1.00. The van der Waals surface area contributed by atoms with Gasteiger partial charge in [0, 0.05) is 31.9 Å². The van der Waals surface area contributed by atoms with Crippen molar-refractivity contribution < 1.29 is 9.53 Å². The number of anilines is 1. The first-order valence-corrected chi connectivity index (χ1v) is 7.95. The van der Waals surface area contributed by atoms with Crippen molar-refractivity contribution in [1.29, 1.82) is 0 Å². The van der Waals surface area contributed by atoms with Gasteiger partial charge >= 0.3 is 0 Å². The van der Waals surface area contributed by atoms with E-state index in [4.69, 9.17) is 10.5 Å². The standard InChI is InChI=1S/C16H24N4O2/c1-10-15-12(3-6-18-10)14(9-13(19-15)16(17)21)20-7-4-11(22-2)5-8-20/h9-11,18H,3-8H2,1-2H3,(H2,17,21)/t10-/m1/s1. The lowest BCUT2D eigenvalue weighted by molar-refractivity contribution is 0.0818. The molecule has 0 radical (unpaired) electrons. The van der Waals surface area contributed by atoms with Gasteiger partial charge in [0.1, 0.15) is 5.69 Å². The Morgan fingerprint density at radius 3 is 2.82 bits per heavy atom. The number of aromatic nitrogens is 1. The minimum absolute atomic E-state index is 0.151. The fourth-order valence-electron chi connectivity index (χ4n) is 3.44. The molecule has 1 fully saturated rings. The molecule has 0 aliphatic carbocycles. The van der Waals surface area contributed by atoms with Crippen molar-refractivity contribution in [2.24, 2.45) is 5.73 Å². The van der Waals surface area contributed by atoms with Crippen LogP contribution in [0.25, 0.3) is 0 Å². The van der Waals surface area contributed by atoms with Crippen LogP contribution in [0.4, 0.5) is 5.69 Å². The molecule has 2 aliphatic rings. The van der Waals surface area contributed by atoms with Gasteiger partial charge in [0.25, 0.3) is 5.91 Å². The van der Waals surface area contributed by atoms with Crippen LogP contribution in [-0.4, -0.2) is 43.7 Å². The number of hydrogen-bond acceptors (Lipinski definition) is 5. The number of fused-ring (bicyclic) bond motifs is 1. The van der Waals surface area contributed by atoms with Crippen LogP contribution in [0.15, 0.2) is 6.07 Å². The molecule has 6 nitrogen and oxygen atoms in total. The smallest absolute Gasteiger partial charge is 0.267 e. The number of methoxy groups -OCH3 is 1. The second-order valence-corrected chi connectivity index (χ2v) is 6.10. The molecule has 1 atom stereocenters. The fraction of sp³-hybridized carbons (Fsp3) is 0.625. The number of hydrogen-bond donors (Lipinski definition) is 2. The average molecular weight is 304 g/mol. The summed E-state index contributed by atoms with van der Waals surface area (Å²) in [5, 5.41) is 3.40. The van der Waals surface area contributed by atoms with E-state index >= 15 is 0 Å². The summed E-state index contributed by atoms with van der Waals surface area (Å²) in [6.07, 6.45) is 3.29. The Morgan fingerprint density at radius 1 is 1.45 bits per heavy atom. The summed E-state index contributed by atoms with van der Waals surface area (Å²) < 4.78 is 5.44. The van der Waals surface area contributed by atoms with Crippen molar-refractivity contribution in [3.63, 3.8) is 0 Å². The van der Waals surface area contributed by atoms with Gasteiger partial charge in [-0.1, -0.05) is 0 Å². The van der Waals surface area contributed by atoms with Crippen LogP contribution in [0, 0.1) is 0 Å². The minimum atomic E-state index is -0.464. The zero-order chi connectivity index (χ0) is 15.7. The van der Waals surface area contributed by atoms with E-state index in [0.717, 1.165) is 50.3 Å². The second-order valence-electron chi connectivity index (χ2n) is 6.10. The van der Waals surface area contributed by atoms with Gasteiger partial charge in [-0.3, -0.25) is 4.79 Å². The molecule has 0 saturated carbocycles. The maximum Gasteiger partial charge on any atom is 0.267 e. The van der Waals surface area contributed by atoms with Crippen molar-refractivity contribution in [3.8, 4) is 0 Å². The van der Waals surface area contributed by atoms with Gasteiger partial charge in [0.15, 0.2) is 0 Å². The highest BCUT2D eigenvalue weighted by atomic mass is 16.5. The fourth-order valence-corrected chi connectivity index (χ4v) is 3.44. The maximum atomic E-state index is 11.6. The average Bonchev–Trinajstić information content (AvgIpc) is 2.54. The molecule has 3 heterocycles. The molecule has 0 aromatic carbocycles. The summed E-state index contributed by atoms with van der Waals surface area (Å²) in [7, 11) is 1.77. The number of piperidine rings is 1. The van der Waals surface area contributed by atoms with Gasteiger partial charge in [-0.15, -0.1) is 0 Å². The van der Waals surface area contributed by atoms with E-state index in [-0.39, 0.29) is 6.04 Å². The lowest BCUT2D eigenvalue weighted by Gasteiger charge is -2.36. The zero-order valence-electron chi connectivity index (χ0n) is 13.3. The molecule has 0 bridgehead atoms. The quantitative estimate of drug-likeness (QED) is 0.871. The van der Waals surface area contributed by atoms with Crippen LogP contribution in [-0.2, 0) is 11.2 Å². The van der Waals surface area contributed by atoms with Gasteiger partial charge in [-0.05, 0) is 44.4 Å².